The zero-order valence-corrected chi connectivity index (χ0v) is 15.1. The highest BCUT2D eigenvalue weighted by molar-refractivity contribution is 7.19. The van der Waals surface area contributed by atoms with Crippen molar-refractivity contribution >= 4 is 27.4 Å². The number of alkyl halides is 3. The Kier molecular flexibility index (Phi) is 4.73. The van der Waals surface area contributed by atoms with Crippen molar-refractivity contribution in [1.29, 1.82) is 0 Å². The van der Waals surface area contributed by atoms with Gasteiger partial charge in [-0.15, -0.1) is 11.3 Å². The highest BCUT2D eigenvalue weighted by atomic mass is 32.1. The molecule has 5 nitrogen and oxygen atoms in total. The lowest BCUT2D eigenvalue weighted by atomic mass is 9.97. The molecule has 0 bridgehead atoms. The summed E-state index contributed by atoms with van der Waals surface area (Å²) in [4.78, 5) is 15.1. The maximum atomic E-state index is 12.7. The van der Waals surface area contributed by atoms with E-state index in [9.17, 15) is 18.3 Å². The summed E-state index contributed by atoms with van der Waals surface area (Å²) < 4.78 is 38.1. The van der Waals surface area contributed by atoms with Crippen LogP contribution in [0.5, 0.6) is 0 Å². The van der Waals surface area contributed by atoms with E-state index in [2.05, 4.69) is 20.3 Å². The van der Waals surface area contributed by atoms with E-state index < -0.39 is 18.8 Å². The number of fused-ring (bicyclic) bond motifs is 3. The maximum Gasteiger partial charge on any atom is 0.416 e. The minimum absolute atomic E-state index is 0.335. The smallest absolute Gasteiger partial charge is 0.382 e. The van der Waals surface area contributed by atoms with Gasteiger partial charge in [-0.05, 0) is 43.4 Å². The molecule has 1 atom stereocenters. The number of aliphatic hydroxyl groups is 1. The van der Waals surface area contributed by atoms with Crippen molar-refractivity contribution in [3.8, 4) is 11.4 Å². The molecule has 0 radical (unpaired) electrons. The summed E-state index contributed by atoms with van der Waals surface area (Å²) in [5.74, 6) is 0.736. The standard InChI is InChI=1S/C18H17F3N4OS/c19-18(20,21)13(26)9-23-16-14-11-5-1-2-6-12(11)27-17(14)25-15(24-16)10-4-3-7-22-8-10/h3-4,7-8,13,26H,1-2,5-6,9H2,(H,23,24,25)/t13-/m0/s1. The average molecular weight is 394 g/mol. The van der Waals surface area contributed by atoms with Crippen LogP contribution < -0.4 is 5.32 Å². The first-order chi connectivity index (χ1) is 12.9. The Bertz CT molecular complexity index is 959. The van der Waals surface area contributed by atoms with Crippen molar-refractivity contribution in [2.24, 2.45) is 0 Å². The number of aliphatic hydroxyl groups excluding tert-OH is 1. The van der Waals surface area contributed by atoms with Gasteiger partial charge in [-0.1, -0.05) is 0 Å². The number of hydrogen-bond donors (Lipinski definition) is 2. The summed E-state index contributed by atoms with van der Waals surface area (Å²) in [6, 6.07) is 3.55. The molecule has 9 heteroatoms. The number of nitrogens with one attached hydrogen (secondary N) is 1. The number of halogens is 3. The van der Waals surface area contributed by atoms with Crippen LogP contribution in [-0.2, 0) is 12.8 Å². The van der Waals surface area contributed by atoms with Gasteiger partial charge in [0.15, 0.2) is 11.9 Å². The van der Waals surface area contributed by atoms with Crippen LogP contribution in [-0.4, -0.2) is 38.9 Å². The Hall–Kier alpha value is -2.26. The molecule has 27 heavy (non-hydrogen) atoms. The van der Waals surface area contributed by atoms with Crippen LogP contribution in [0, 0.1) is 0 Å². The highest BCUT2D eigenvalue weighted by Gasteiger charge is 2.38. The van der Waals surface area contributed by atoms with Gasteiger partial charge in [0, 0.05) is 22.8 Å². The van der Waals surface area contributed by atoms with Crippen molar-refractivity contribution < 1.29 is 18.3 Å². The van der Waals surface area contributed by atoms with Crippen molar-refractivity contribution in [3.05, 3.63) is 35.0 Å². The molecule has 0 fully saturated rings. The van der Waals surface area contributed by atoms with Crippen LogP contribution in [0.1, 0.15) is 23.3 Å². The zero-order chi connectivity index (χ0) is 19.0. The van der Waals surface area contributed by atoms with E-state index in [4.69, 9.17) is 0 Å². The molecule has 0 amide bonds. The fourth-order valence-electron chi connectivity index (χ4n) is 3.22. The van der Waals surface area contributed by atoms with Crippen molar-refractivity contribution in [3.63, 3.8) is 0 Å². The SMILES string of the molecule is O[C@@H](CNc1nc(-c2cccnc2)nc2sc3c(c12)CCCC3)C(F)(F)F. The quantitative estimate of drug-likeness (QED) is 0.701. The van der Waals surface area contributed by atoms with Crippen molar-refractivity contribution in [2.75, 3.05) is 11.9 Å². The van der Waals surface area contributed by atoms with Gasteiger partial charge < -0.3 is 10.4 Å². The number of aryl methyl sites for hydroxylation is 2. The van der Waals surface area contributed by atoms with Gasteiger partial charge in [-0.25, -0.2) is 9.97 Å². The minimum atomic E-state index is -4.68. The van der Waals surface area contributed by atoms with E-state index in [1.807, 2.05) is 0 Å². The van der Waals surface area contributed by atoms with Gasteiger partial charge >= 0.3 is 6.18 Å². The first-order valence-corrected chi connectivity index (χ1v) is 9.46. The molecule has 142 valence electrons. The van der Waals surface area contributed by atoms with Gasteiger partial charge in [0.2, 0.25) is 0 Å². The van der Waals surface area contributed by atoms with Gasteiger partial charge in [-0.2, -0.15) is 13.2 Å². The molecule has 3 aromatic heterocycles. The molecule has 1 aliphatic carbocycles. The number of nitrogens with zero attached hydrogens (tertiary/aromatic N) is 3. The molecular weight excluding hydrogens is 377 g/mol. The topological polar surface area (TPSA) is 70.9 Å². The molecule has 0 aliphatic heterocycles. The lowest BCUT2D eigenvalue weighted by molar-refractivity contribution is -0.198. The van der Waals surface area contributed by atoms with E-state index >= 15 is 0 Å². The lowest BCUT2D eigenvalue weighted by Gasteiger charge is -2.17. The summed E-state index contributed by atoms with van der Waals surface area (Å²) in [7, 11) is 0. The average Bonchev–Trinajstić information content (AvgIpc) is 3.04. The second-order valence-corrected chi connectivity index (χ2v) is 7.55. The normalized spacial score (nSPS) is 15.6. The molecule has 3 heterocycles. The summed E-state index contributed by atoms with van der Waals surface area (Å²) in [5.41, 5.74) is 1.80. The van der Waals surface area contributed by atoms with E-state index in [1.165, 1.54) is 4.88 Å². The van der Waals surface area contributed by atoms with Crippen LogP contribution >= 0.6 is 11.3 Å². The summed E-state index contributed by atoms with van der Waals surface area (Å²) in [6.45, 7) is -0.660. The third-order valence-corrected chi connectivity index (χ3v) is 5.76. The molecule has 0 unspecified atom stereocenters. The maximum absolute atomic E-state index is 12.7. The Morgan fingerprint density at radius 2 is 2.04 bits per heavy atom. The molecule has 1 aliphatic rings. The van der Waals surface area contributed by atoms with Crippen LogP contribution in [0.15, 0.2) is 24.5 Å². The number of aromatic nitrogens is 3. The van der Waals surface area contributed by atoms with Crippen LogP contribution in [0.4, 0.5) is 19.0 Å². The fourth-order valence-corrected chi connectivity index (χ4v) is 4.48. The second-order valence-electron chi connectivity index (χ2n) is 6.47. The Morgan fingerprint density at radius 3 is 2.78 bits per heavy atom. The molecule has 3 aromatic rings. The molecule has 0 saturated carbocycles. The van der Waals surface area contributed by atoms with E-state index in [0.29, 0.717) is 17.2 Å². The molecular formula is C18H17F3N4OS. The highest BCUT2D eigenvalue weighted by Crippen LogP contribution is 2.39. The van der Waals surface area contributed by atoms with E-state index in [1.54, 1.807) is 35.9 Å². The Balaban J connectivity index is 1.79. The monoisotopic (exact) mass is 394 g/mol. The largest absolute Gasteiger partial charge is 0.416 e. The Morgan fingerprint density at radius 1 is 1.22 bits per heavy atom. The summed E-state index contributed by atoms with van der Waals surface area (Å²) >= 11 is 1.57. The molecule has 0 saturated heterocycles. The van der Waals surface area contributed by atoms with Gasteiger partial charge in [-0.3, -0.25) is 4.98 Å². The van der Waals surface area contributed by atoms with E-state index in [0.717, 1.165) is 41.5 Å². The fraction of sp³-hybridized carbons (Fsp3) is 0.389. The van der Waals surface area contributed by atoms with Gasteiger partial charge in [0.25, 0.3) is 0 Å². The van der Waals surface area contributed by atoms with Crippen LogP contribution in [0.2, 0.25) is 0 Å². The van der Waals surface area contributed by atoms with E-state index in [-0.39, 0.29) is 0 Å². The number of pyridine rings is 1. The second kappa shape index (κ2) is 7.05. The number of rotatable bonds is 4. The lowest BCUT2D eigenvalue weighted by Crippen LogP contribution is -2.35. The predicted octanol–water partition coefficient (Wildman–Crippen LogP) is 3.97. The van der Waals surface area contributed by atoms with Gasteiger partial charge in [0.05, 0.1) is 11.9 Å². The van der Waals surface area contributed by atoms with Gasteiger partial charge in [0.1, 0.15) is 10.6 Å². The predicted molar refractivity (Wildman–Crippen MR) is 97.8 cm³/mol. The molecule has 0 spiro atoms. The van der Waals surface area contributed by atoms with Crippen molar-refractivity contribution in [2.45, 2.75) is 38.0 Å². The van der Waals surface area contributed by atoms with Crippen molar-refractivity contribution in [1.82, 2.24) is 15.0 Å². The first kappa shape index (κ1) is 18.1. The molecule has 2 N–H and O–H groups in total. The number of thiophene rings is 1. The van der Waals surface area contributed by atoms with Crippen LogP contribution in [0.3, 0.4) is 0 Å². The summed E-state index contributed by atoms with van der Waals surface area (Å²) in [5, 5.41) is 12.8. The Labute approximate surface area is 157 Å². The third-order valence-electron chi connectivity index (χ3n) is 4.58. The first-order valence-electron chi connectivity index (χ1n) is 8.65. The van der Waals surface area contributed by atoms with Crippen LogP contribution in [0.25, 0.3) is 21.6 Å². The number of hydrogen-bond acceptors (Lipinski definition) is 6. The molecule has 4 rings (SSSR count). The summed E-state index contributed by atoms with van der Waals surface area (Å²) in [6.07, 6.45) is 0.0444. The third kappa shape index (κ3) is 3.61. The zero-order valence-electron chi connectivity index (χ0n) is 14.3. The number of anilines is 1. The molecule has 0 aromatic carbocycles. The minimum Gasteiger partial charge on any atom is -0.382 e.